The van der Waals surface area contributed by atoms with Crippen LogP contribution in [0.2, 0.25) is 10.0 Å². The minimum atomic E-state index is -0.354. The third kappa shape index (κ3) is 5.10. The van der Waals surface area contributed by atoms with Gasteiger partial charge in [0.05, 0.1) is 10.0 Å². The lowest BCUT2D eigenvalue weighted by Gasteiger charge is -2.12. The molecule has 1 N–H and O–H groups in total. The highest BCUT2D eigenvalue weighted by atomic mass is 35.5. The highest BCUT2D eigenvalue weighted by Crippen LogP contribution is 2.35. The molecule has 0 bridgehead atoms. The van der Waals surface area contributed by atoms with Gasteiger partial charge in [-0.25, -0.2) is 4.98 Å². The number of aryl methyl sites for hydroxylation is 1. The number of benzene rings is 2. The number of rotatable bonds is 6. The highest BCUT2D eigenvalue weighted by Gasteiger charge is 2.14. The van der Waals surface area contributed by atoms with Crippen molar-refractivity contribution in [3.8, 4) is 11.5 Å². The number of ether oxygens (including phenoxy) is 1. The summed E-state index contributed by atoms with van der Waals surface area (Å²) in [6.45, 7) is 0.676. The summed E-state index contributed by atoms with van der Waals surface area (Å²) in [6.07, 6.45) is 2.49. The summed E-state index contributed by atoms with van der Waals surface area (Å²) in [6, 6.07) is 16.7. The van der Waals surface area contributed by atoms with E-state index in [1.54, 1.807) is 37.5 Å². The topological polar surface area (TPSA) is 69.0 Å². The third-order valence-electron chi connectivity index (χ3n) is 4.59. The summed E-state index contributed by atoms with van der Waals surface area (Å²) in [5.74, 6) is 0.780. The fourth-order valence-corrected chi connectivity index (χ4v) is 3.50. The van der Waals surface area contributed by atoms with Gasteiger partial charge < -0.3 is 10.1 Å². The Kier molecular flexibility index (Phi) is 7.38. The summed E-state index contributed by atoms with van der Waals surface area (Å²) in [4.78, 5) is 21.6. The van der Waals surface area contributed by atoms with Crippen molar-refractivity contribution in [3.05, 3.63) is 86.8 Å². The van der Waals surface area contributed by atoms with Gasteiger partial charge in [0.1, 0.15) is 5.65 Å². The van der Waals surface area contributed by atoms with Gasteiger partial charge in [-0.3, -0.25) is 9.36 Å². The van der Waals surface area contributed by atoms with Crippen molar-refractivity contribution in [2.75, 3.05) is 11.9 Å². The molecule has 2 aromatic carbocycles. The first kappa shape index (κ1) is 22.9. The Labute approximate surface area is 195 Å². The van der Waals surface area contributed by atoms with Gasteiger partial charge in [0.2, 0.25) is 5.95 Å². The van der Waals surface area contributed by atoms with Gasteiger partial charge in [-0.15, -0.1) is 12.4 Å². The number of para-hydroxylation sites is 1. The molecule has 0 saturated heterocycles. The van der Waals surface area contributed by atoms with Crippen LogP contribution >= 0.6 is 35.6 Å². The molecular formula is C22H19Cl3N4O2. The molecule has 160 valence electrons. The molecule has 0 aliphatic rings. The summed E-state index contributed by atoms with van der Waals surface area (Å²) >= 11 is 12.3. The van der Waals surface area contributed by atoms with Gasteiger partial charge in [0.25, 0.3) is 5.56 Å². The fourth-order valence-electron chi connectivity index (χ4n) is 3.03. The van der Waals surface area contributed by atoms with Crippen LogP contribution in [0.25, 0.3) is 11.0 Å². The maximum Gasteiger partial charge on any atom is 0.294 e. The quantitative estimate of drug-likeness (QED) is 0.397. The van der Waals surface area contributed by atoms with Crippen LogP contribution in [0.15, 0.2) is 65.6 Å². The van der Waals surface area contributed by atoms with Crippen LogP contribution in [0, 0.1) is 0 Å². The number of hydrogen-bond acceptors (Lipinski definition) is 5. The lowest BCUT2D eigenvalue weighted by atomic mass is 10.1. The molecular weight excluding hydrogens is 459 g/mol. The van der Waals surface area contributed by atoms with Gasteiger partial charge in [0.15, 0.2) is 11.5 Å². The number of aromatic nitrogens is 3. The van der Waals surface area contributed by atoms with E-state index in [2.05, 4.69) is 27.4 Å². The van der Waals surface area contributed by atoms with Crippen molar-refractivity contribution in [2.45, 2.75) is 6.42 Å². The maximum absolute atomic E-state index is 12.8. The normalized spacial score (nSPS) is 10.5. The van der Waals surface area contributed by atoms with Gasteiger partial charge in [-0.05, 0) is 30.2 Å². The molecule has 0 unspecified atom stereocenters. The lowest BCUT2D eigenvalue weighted by molar-refractivity contribution is 0.472. The van der Waals surface area contributed by atoms with E-state index in [9.17, 15) is 4.79 Å². The van der Waals surface area contributed by atoms with Crippen molar-refractivity contribution >= 4 is 52.6 Å². The number of nitrogens with one attached hydrogen (secondary N) is 1. The van der Waals surface area contributed by atoms with Crippen molar-refractivity contribution in [1.29, 1.82) is 0 Å². The molecule has 0 radical (unpaired) electrons. The first-order chi connectivity index (χ1) is 14.5. The predicted octanol–water partition coefficient (Wildman–Crippen LogP) is 5.50. The van der Waals surface area contributed by atoms with E-state index in [4.69, 9.17) is 27.9 Å². The van der Waals surface area contributed by atoms with Crippen LogP contribution in [0.5, 0.6) is 11.5 Å². The van der Waals surface area contributed by atoms with E-state index in [0.717, 1.165) is 6.42 Å². The average molecular weight is 478 g/mol. The van der Waals surface area contributed by atoms with E-state index in [-0.39, 0.29) is 29.5 Å². The summed E-state index contributed by atoms with van der Waals surface area (Å²) in [5.41, 5.74) is 1.36. The van der Waals surface area contributed by atoms with E-state index in [1.165, 1.54) is 10.1 Å². The Morgan fingerprint density at radius 1 is 1.06 bits per heavy atom. The summed E-state index contributed by atoms with van der Waals surface area (Å²) in [5, 5.41) is 4.49. The van der Waals surface area contributed by atoms with Crippen LogP contribution in [0.3, 0.4) is 0 Å². The van der Waals surface area contributed by atoms with Gasteiger partial charge in [-0.2, -0.15) is 4.98 Å². The Morgan fingerprint density at radius 2 is 1.77 bits per heavy atom. The molecule has 2 aromatic heterocycles. The smallest absolute Gasteiger partial charge is 0.294 e. The maximum atomic E-state index is 12.8. The Hall–Kier alpha value is -2.80. The number of pyridine rings is 1. The van der Waals surface area contributed by atoms with Gasteiger partial charge in [0, 0.05) is 25.2 Å². The molecule has 9 heteroatoms. The van der Waals surface area contributed by atoms with Crippen molar-refractivity contribution in [1.82, 2.24) is 14.5 Å². The molecule has 0 amide bonds. The van der Waals surface area contributed by atoms with Crippen LogP contribution in [0.4, 0.5) is 5.95 Å². The van der Waals surface area contributed by atoms with Gasteiger partial charge in [-0.1, -0.05) is 59.6 Å². The van der Waals surface area contributed by atoms with E-state index in [0.29, 0.717) is 33.6 Å². The second-order valence-electron chi connectivity index (χ2n) is 6.66. The molecule has 2 heterocycles. The number of nitrogens with zero attached hydrogens (tertiary/aromatic N) is 3. The molecule has 0 aliphatic carbocycles. The van der Waals surface area contributed by atoms with Crippen LogP contribution in [-0.2, 0) is 13.5 Å². The molecule has 4 aromatic rings. The first-order valence-electron chi connectivity index (χ1n) is 9.29. The zero-order valence-corrected chi connectivity index (χ0v) is 18.8. The average Bonchev–Trinajstić information content (AvgIpc) is 2.75. The standard InChI is InChI=1S/C22H18Cl2N4O2.ClH/c1-28-20-15(12-18(21(28)29)30-19-16(23)8-5-9-17(19)24)13-26-22(27-20)25-11-10-14-6-3-2-4-7-14;/h2-9,12-13H,10-11H2,1H3,(H,25,26,27);1H. The molecule has 6 nitrogen and oxygen atoms in total. The number of hydrogen-bond donors (Lipinski definition) is 1. The highest BCUT2D eigenvalue weighted by molar-refractivity contribution is 6.37. The predicted molar refractivity (Wildman–Crippen MR) is 127 cm³/mol. The molecule has 4 rings (SSSR count). The van der Waals surface area contributed by atoms with Crippen LogP contribution in [0.1, 0.15) is 5.56 Å². The van der Waals surface area contributed by atoms with E-state index in [1.807, 2.05) is 18.2 Å². The molecule has 0 fully saturated rings. The fraction of sp³-hybridized carbons (Fsp3) is 0.136. The Balaban J connectivity index is 0.00000272. The van der Waals surface area contributed by atoms with E-state index < -0.39 is 0 Å². The number of halogens is 3. The Morgan fingerprint density at radius 3 is 2.48 bits per heavy atom. The SMILES string of the molecule is Cl.Cn1c(=O)c(Oc2c(Cl)cccc2Cl)cc2cnc(NCCc3ccccc3)nc21. The molecule has 31 heavy (non-hydrogen) atoms. The van der Waals surface area contributed by atoms with Gasteiger partial charge >= 0.3 is 0 Å². The monoisotopic (exact) mass is 476 g/mol. The summed E-state index contributed by atoms with van der Waals surface area (Å²) < 4.78 is 7.15. The minimum absolute atomic E-state index is 0. The molecule has 0 spiro atoms. The largest absolute Gasteiger partial charge is 0.448 e. The van der Waals surface area contributed by atoms with Crippen molar-refractivity contribution in [2.24, 2.45) is 7.05 Å². The molecule has 0 atom stereocenters. The second kappa shape index (κ2) is 10.0. The minimum Gasteiger partial charge on any atom is -0.448 e. The zero-order valence-electron chi connectivity index (χ0n) is 16.5. The summed E-state index contributed by atoms with van der Waals surface area (Å²) in [7, 11) is 1.63. The first-order valence-corrected chi connectivity index (χ1v) is 10.0. The molecule has 0 saturated carbocycles. The van der Waals surface area contributed by atoms with Crippen LogP contribution < -0.4 is 15.6 Å². The molecule has 0 aliphatic heterocycles. The lowest BCUT2D eigenvalue weighted by Crippen LogP contribution is -2.20. The van der Waals surface area contributed by atoms with Crippen molar-refractivity contribution in [3.63, 3.8) is 0 Å². The third-order valence-corrected chi connectivity index (χ3v) is 5.18. The number of fused-ring (bicyclic) bond motifs is 1. The van der Waals surface area contributed by atoms with Crippen molar-refractivity contribution < 1.29 is 4.74 Å². The number of anilines is 1. The van der Waals surface area contributed by atoms with E-state index >= 15 is 0 Å². The Bertz CT molecular complexity index is 1240. The second-order valence-corrected chi connectivity index (χ2v) is 7.47. The van der Waals surface area contributed by atoms with Crippen LogP contribution in [-0.4, -0.2) is 21.1 Å². The zero-order chi connectivity index (χ0) is 21.1.